The summed E-state index contributed by atoms with van der Waals surface area (Å²) in [4.78, 5) is 35.3. The number of aryl methyl sites for hydroxylation is 1. The molecule has 9 heteroatoms. The molecule has 3 aromatic heterocycles. The van der Waals surface area contributed by atoms with E-state index < -0.39 is 5.91 Å². The van der Waals surface area contributed by atoms with Gasteiger partial charge in [0.1, 0.15) is 17.4 Å². The Morgan fingerprint density at radius 3 is 2.97 bits per heavy atom. The Kier molecular flexibility index (Phi) is 7.54. The highest BCUT2D eigenvalue weighted by Gasteiger charge is 2.21. The van der Waals surface area contributed by atoms with Crippen molar-refractivity contribution in [2.24, 2.45) is 4.99 Å². The van der Waals surface area contributed by atoms with E-state index in [0.29, 0.717) is 28.9 Å². The molecule has 1 fully saturated rings. The molecule has 4 rings (SSSR count). The van der Waals surface area contributed by atoms with Crippen molar-refractivity contribution in [3.8, 4) is 6.07 Å². The molecule has 0 saturated carbocycles. The zero-order chi connectivity index (χ0) is 24.9. The van der Waals surface area contributed by atoms with Gasteiger partial charge >= 0.3 is 0 Å². The van der Waals surface area contributed by atoms with Crippen LogP contribution in [0.1, 0.15) is 30.4 Å². The Morgan fingerprint density at radius 2 is 2.26 bits per heavy atom. The summed E-state index contributed by atoms with van der Waals surface area (Å²) >= 11 is 3.38. The van der Waals surface area contributed by atoms with Gasteiger partial charge in [0.25, 0.3) is 11.5 Å². The lowest BCUT2D eigenvalue weighted by Gasteiger charge is -2.17. The Hall–Kier alpha value is -3.61. The van der Waals surface area contributed by atoms with Gasteiger partial charge < -0.3 is 9.30 Å². The van der Waals surface area contributed by atoms with E-state index >= 15 is 0 Å². The van der Waals surface area contributed by atoms with Crippen LogP contribution in [0.3, 0.4) is 0 Å². The number of aromatic nitrogens is 3. The summed E-state index contributed by atoms with van der Waals surface area (Å²) in [6.07, 6.45) is 10.1. The molecule has 1 atom stereocenters. The van der Waals surface area contributed by atoms with E-state index in [1.807, 2.05) is 13.0 Å². The third-order valence-corrected chi connectivity index (χ3v) is 6.26. The van der Waals surface area contributed by atoms with Crippen LogP contribution in [0, 0.1) is 18.3 Å². The summed E-state index contributed by atoms with van der Waals surface area (Å²) in [5.74, 6) is -0.439. The first kappa shape index (κ1) is 24.5. The third kappa shape index (κ3) is 5.24. The summed E-state index contributed by atoms with van der Waals surface area (Å²) in [5, 5.41) is 10.2. The van der Waals surface area contributed by atoms with E-state index in [1.54, 1.807) is 41.1 Å². The fraction of sp³-hybridized carbons (Fsp3) is 0.269. The maximum Gasteiger partial charge on any atom is 0.267 e. The molecule has 1 aliphatic heterocycles. The molecule has 0 aromatic carbocycles. The van der Waals surface area contributed by atoms with E-state index in [0.717, 1.165) is 18.4 Å². The fourth-order valence-electron chi connectivity index (χ4n) is 4.05. The van der Waals surface area contributed by atoms with Gasteiger partial charge in [0.2, 0.25) is 0 Å². The molecule has 35 heavy (non-hydrogen) atoms. The number of pyridine rings is 2. The predicted molar refractivity (Wildman–Crippen MR) is 137 cm³/mol. The van der Waals surface area contributed by atoms with Crippen LogP contribution in [0.5, 0.6) is 0 Å². The van der Waals surface area contributed by atoms with Gasteiger partial charge in [0, 0.05) is 17.3 Å². The quantitative estimate of drug-likeness (QED) is 0.353. The minimum atomic E-state index is -0.439. The van der Waals surface area contributed by atoms with Crippen LogP contribution in [0.4, 0.5) is 0 Å². The first-order valence-electron chi connectivity index (χ1n) is 11.2. The molecule has 1 aliphatic rings. The molecule has 1 unspecified atom stereocenters. The molecule has 1 amide bonds. The highest BCUT2D eigenvalue weighted by molar-refractivity contribution is 9.11. The highest BCUT2D eigenvalue weighted by Crippen LogP contribution is 2.18. The molecule has 0 radical (unpaired) electrons. The molecule has 1 saturated heterocycles. The molecule has 0 spiro atoms. The summed E-state index contributed by atoms with van der Waals surface area (Å²) in [6, 6.07) is 7.23. The first-order valence-corrected chi connectivity index (χ1v) is 12.0. The zero-order valence-electron chi connectivity index (χ0n) is 19.3. The lowest BCUT2D eigenvalue weighted by Crippen LogP contribution is -2.33. The van der Waals surface area contributed by atoms with Gasteiger partial charge in [-0.25, -0.2) is 4.98 Å². The number of amides is 1. The molecule has 0 N–H and O–H groups in total. The first-order chi connectivity index (χ1) is 16.9. The number of allylic oxidation sites excluding steroid dienone is 4. The molecule has 0 bridgehead atoms. The van der Waals surface area contributed by atoms with Gasteiger partial charge in [0.15, 0.2) is 5.49 Å². The summed E-state index contributed by atoms with van der Waals surface area (Å²) in [6.45, 7) is 6.45. The van der Waals surface area contributed by atoms with E-state index in [4.69, 9.17) is 9.72 Å². The number of hydrogen-bond donors (Lipinski definition) is 0. The number of nitriles is 1. The maximum absolute atomic E-state index is 13.3. The fourth-order valence-corrected chi connectivity index (χ4v) is 4.45. The normalized spacial score (nSPS) is 16.9. The zero-order valence-corrected chi connectivity index (χ0v) is 20.9. The summed E-state index contributed by atoms with van der Waals surface area (Å²) in [5.41, 5.74) is 1.72. The van der Waals surface area contributed by atoms with Crippen LogP contribution >= 0.6 is 15.9 Å². The lowest BCUT2D eigenvalue weighted by molar-refractivity contribution is -0.117. The summed E-state index contributed by atoms with van der Waals surface area (Å²) in [7, 11) is 0. The number of fused-ring (bicyclic) bond motifs is 2. The van der Waals surface area contributed by atoms with Gasteiger partial charge in [-0.15, -0.1) is 0 Å². The monoisotopic (exact) mass is 533 g/mol. The number of carbonyl (C=O) groups excluding carboxylic acids is 1. The van der Waals surface area contributed by atoms with Gasteiger partial charge in [0.05, 0.1) is 30.0 Å². The van der Waals surface area contributed by atoms with Crippen molar-refractivity contribution in [1.29, 1.82) is 5.26 Å². The van der Waals surface area contributed by atoms with Crippen molar-refractivity contribution in [2.45, 2.75) is 38.8 Å². The van der Waals surface area contributed by atoms with Gasteiger partial charge in [-0.2, -0.15) is 10.3 Å². The van der Waals surface area contributed by atoms with Crippen LogP contribution in [-0.4, -0.2) is 32.6 Å². The van der Waals surface area contributed by atoms with Crippen LogP contribution in [0.25, 0.3) is 16.7 Å². The lowest BCUT2D eigenvalue weighted by atomic mass is 10.2. The van der Waals surface area contributed by atoms with Crippen LogP contribution < -0.4 is 11.0 Å². The Bertz CT molecular complexity index is 1550. The van der Waals surface area contributed by atoms with Crippen LogP contribution in [0.2, 0.25) is 0 Å². The minimum absolute atomic E-state index is 0.0111. The number of halogens is 1. The van der Waals surface area contributed by atoms with Crippen molar-refractivity contribution in [3.05, 3.63) is 86.7 Å². The van der Waals surface area contributed by atoms with E-state index in [-0.39, 0.29) is 34.5 Å². The number of ether oxygens (including phenoxy) is 1. The SMILES string of the molecule is C=C/C=C/C=C(\Br)CC(=O)N=c1c(C#N)cc2c(=O)n3cccc(C)c3nc2n1CC1CCCO1. The molecule has 3 aromatic rings. The van der Waals surface area contributed by atoms with Crippen molar-refractivity contribution >= 4 is 38.5 Å². The van der Waals surface area contributed by atoms with Crippen molar-refractivity contribution in [2.75, 3.05) is 6.61 Å². The van der Waals surface area contributed by atoms with Crippen LogP contribution in [0.15, 0.2) is 69.5 Å². The average Bonchev–Trinajstić information content (AvgIpc) is 3.35. The van der Waals surface area contributed by atoms with E-state index in [2.05, 4.69) is 33.6 Å². The van der Waals surface area contributed by atoms with E-state index in [1.165, 1.54) is 10.5 Å². The number of carbonyl (C=O) groups is 1. The second-order valence-corrected chi connectivity index (χ2v) is 9.21. The number of rotatable bonds is 6. The Balaban J connectivity index is 1.97. The molecular weight excluding hydrogens is 510 g/mol. The van der Waals surface area contributed by atoms with Crippen LogP contribution in [-0.2, 0) is 16.1 Å². The Labute approximate surface area is 210 Å². The standard InChI is InChI=1S/C26H24BrN5O3/c1-3-4-5-9-19(27)14-22(33)29-24-18(15-28)13-21-25(32(24)16-20-10-7-12-35-20)30-23-17(2)8-6-11-31(23)26(21)34/h3-6,8-9,11,13,20H,1,7,10,12,14,16H2,2H3/b5-4+,19-9-,29-24?. The predicted octanol–water partition coefficient (Wildman–Crippen LogP) is 3.85. The smallest absolute Gasteiger partial charge is 0.267 e. The molecule has 8 nitrogen and oxygen atoms in total. The number of nitrogens with zero attached hydrogens (tertiary/aromatic N) is 5. The third-order valence-electron chi connectivity index (χ3n) is 5.71. The number of hydrogen-bond acceptors (Lipinski definition) is 5. The summed E-state index contributed by atoms with van der Waals surface area (Å²) < 4.78 is 9.61. The van der Waals surface area contributed by atoms with Gasteiger partial charge in [-0.3, -0.25) is 14.0 Å². The second kappa shape index (κ2) is 10.8. The van der Waals surface area contributed by atoms with Crippen molar-refractivity contribution < 1.29 is 9.53 Å². The molecule has 0 aliphatic carbocycles. The molecule has 178 valence electrons. The molecular formula is C26H24BrN5O3. The van der Waals surface area contributed by atoms with Gasteiger partial charge in [-0.1, -0.05) is 52.9 Å². The Morgan fingerprint density at radius 1 is 1.43 bits per heavy atom. The largest absolute Gasteiger partial charge is 0.376 e. The van der Waals surface area contributed by atoms with Crippen molar-refractivity contribution in [3.63, 3.8) is 0 Å². The highest BCUT2D eigenvalue weighted by atomic mass is 79.9. The topological polar surface area (TPSA) is 102 Å². The van der Waals surface area contributed by atoms with E-state index in [9.17, 15) is 14.9 Å². The van der Waals surface area contributed by atoms with Gasteiger partial charge in [-0.05, 0) is 37.5 Å². The minimum Gasteiger partial charge on any atom is -0.376 e. The average molecular weight is 534 g/mol. The van der Waals surface area contributed by atoms with Crippen molar-refractivity contribution in [1.82, 2.24) is 14.0 Å². The maximum atomic E-state index is 13.3. The second-order valence-electron chi connectivity index (χ2n) is 8.19. The molecule has 4 heterocycles.